The zero-order valence-electron chi connectivity index (χ0n) is 11.3. The molecule has 0 radical (unpaired) electrons. The van der Waals surface area contributed by atoms with Crippen LogP contribution in [0.2, 0.25) is 0 Å². The second-order valence-corrected chi connectivity index (χ2v) is 4.23. The normalized spacial score (nSPS) is 10.4. The number of aromatic nitrogens is 4. The number of aryl methyl sites for hydroxylation is 2. The van der Waals surface area contributed by atoms with Gasteiger partial charge in [-0.05, 0) is 25.3 Å². The van der Waals surface area contributed by atoms with Crippen molar-refractivity contribution in [1.29, 1.82) is 0 Å². The summed E-state index contributed by atoms with van der Waals surface area (Å²) in [5.74, 6) is 1.40. The van der Waals surface area contributed by atoms with Gasteiger partial charge in [0.2, 0.25) is 5.88 Å². The lowest BCUT2D eigenvalue weighted by atomic mass is 10.2. The summed E-state index contributed by atoms with van der Waals surface area (Å²) in [7, 11) is 1.93. The Balaban J connectivity index is 1.74. The van der Waals surface area contributed by atoms with E-state index in [1.807, 2.05) is 37.1 Å². The highest BCUT2D eigenvalue weighted by Gasteiger charge is 1.99. The Bertz CT molecular complexity index is 511. The van der Waals surface area contributed by atoms with E-state index in [9.17, 15) is 0 Å². The van der Waals surface area contributed by atoms with Crippen LogP contribution >= 0.6 is 0 Å². The zero-order chi connectivity index (χ0) is 13.5. The van der Waals surface area contributed by atoms with Crippen LogP contribution in [0.3, 0.4) is 0 Å². The van der Waals surface area contributed by atoms with Gasteiger partial charge in [-0.3, -0.25) is 4.68 Å². The van der Waals surface area contributed by atoms with Crippen LogP contribution < -0.4 is 10.1 Å². The molecule has 0 aliphatic rings. The summed E-state index contributed by atoms with van der Waals surface area (Å²) in [6.45, 7) is 3.40. The lowest BCUT2D eigenvalue weighted by Gasteiger charge is -2.06. The summed E-state index contributed by atoms with van der Waals surface area (Å²) in [6.07, 6.45) is 7.48. The largest absolute Gasteiger partial charge is 0.478 e. The van der Waals surface area contributed by atoms with E-state index in [1.54, 1.807) is 0 Å². The Kier molecular flexibility index (Phi) is 4.72. The molecule has 0 spiro atoms. The fourth-order valence-electron chi connectivity index (χ4n) is 1.77. The second kappa shape index (κ2) is 6.72. The highest BCUT2D eigenvalue weighted by molar-refractivity contribution is 5.36. The molecule has 0 fully saturated rings. The lowest BCUT2D eigenvalue weighted by Crippen LogP contribution is -2.05. The monoisotopic (exact) mass is 261 g/mol. The third-order valence-electron chi connectivity index (χ3n) is 2.64. The molecular formula is C13H19N5O. The fraction of sp³-hybridized carbons (Fsp3) is 0.462. The molecule has 0 aromatic carbocycles. The Morgan fingerprint density at radius 2 is 2.26 bits per heavy atom. The van der Waals surface area contributed by atoms with E-state index in [2.05, 4.69) is 20.4 Å². The van der Waals surface area contributed by atoms with Crippen LogP contribution in [0.25, 0.3) is 0 Å². The maximum Gasteiger partial charge on any atom is 0.218 e. The maximum absolute atomic E-state index is 5.32. The van der Waals surface area contributed by atoms with E-state index in [0.29, 0.717) is 12.5 Å². The Morgan fingerprint density at radius 3 is 3.00 bits per heavy atom. The maximum atomic E-state index is 5.32. The summed E-state index contributed by atoms with van der Waals surface area (Å²) >= 11 is 0. The predicted octanol–water partition coefficient (Wildman–Crippen LogP) is 1.65. The number of rotatable bonds is 7. The van der Waals surface area contributed by atoms with Crippen molar-refractivity contribution in [1.82, 2.24) is 19.7 Å². The zero-order valence-corrected chi connectivity index (χ0v) is 11.3. The first-order chi connectivity index (χ1) is 9.28. The minimum absolute atomic E-state index is 0.604. The van der Waals surface area contributed by atoms with Crippen LogP contribution in [0, 0.1) is 0 Å². The van der Waals surface area contributed by atoms with Crippen LogP contribution in [0.5, 0.6) is 5.88 Å². The smallest absolute Gasteiger partial charge is 0.218 e. The minimum atomic E-state index is 0.604. The molecule has 1 N–H and O–H groups in total. The number of hydrogen-bond acceptors (Lipinski definition) is 5. The summed E-state index contributed by atoms with van der Waals surface area (Å²) in [5, 5.41) is 7.41. The number of nitrogens with zero attached hydrogens (tertiary/aromatic N) is 4. The number of hydrogen-bond donors (Lipinski definition) is 1. The molecule has 2 aromatic rings. The molecule has 0 amide bonds. The molecule has 2 aromatic heterocycles. The average Bonchev–Trinajstić information content (AvgIpc) is 2.82. The summed E-state index contributed by atoms with van der Waals surface area (Å²) in [5.41, 5.74) is 1.25. The summed E-state index contributed by atoms with van der Waals surface area (Å²) < 4.78 is 7.14. The molecule has 0 bridgehead atoms. The molecule has 19 heavy (non-hydrogen) atoms. The number of nitrogens with one attached hydrogen (secondary N) is 1. The standard InChI is InChI=1S/C13H19N5O/c1-3-19-13-7-12(15-10-16-13)14-6-4-5-11-8-17-18(2)9-11/h7-10H,3-6H2,1-2H3,(H,14,15,16). The lowest BCUT2D eigenvalue weighted by molar-refractivity contribution is 0.326. The average molecular weight is 261 g/mol. The Hall–Kier alpha value is -2.11. The Labute approximate surface area is 112 Å². The van der Waals surface area contributed by atoms with Gasteiger partial charge in [0.05, 0.1) is 12.8 Å². The molecular weight excluding hydrogens is 242 g/mol. The SMILES string of the molecule is CCOc1cc(NCCCc2cnn(C)c2)ncn1. The molecule has 6 nitrogen and oxygen atoms in total. The van der Waals surface area contributed by atoms with Gasteiger partial charge in [-0.2, -0.15) is 5.10 Å². The molecule has 2 heterocycles. The molecule has 102 valence electrons. The van der Waals surface area contributed by atoms with Gasteiger partial charge in [0.1, 0.15) is 12.1 Å². The van der Waals surface area contributed by atoms with Crippen LogP contribution in [0.4, 0.5) is 5.82 Å². The quantitative estimate of drug-likeness (QED) is 0.768. The fourth-order valence-corrected chi connectivity index (χ4v) is 1.77. The van der Waals surface area contributed by atoms with Crippen LogP contribution in [-0.2, 0) is 13.5 Å². The number of anilines is 1. The third kappa shape index (κ3) is 4.24. The topological polar surface area (TPSA) is 64.9 Å². The highest BCUT2D eigenvalue weighted by Crippen LogP contribution is 2.11. The first-order valence-electron chi connectivity index (χ1n) is 6.44. The van der Waals surface area contributed by atoms with Gasteiger partial charge in [-0.15, -0.1) is 0 Å². The van der Waals surface area contributed by atoms with Crippen molar-refractivity contribution < 1.29 is 4.74 Å². The van der Waals surface area contributed by atoms with Crippen molar-refractivity contribution in [2.75, 3.05) is 18.5 Å². The minimum Gasteiger partial charge on any atom is -0.478 e. The van der Waals surface area contributed by atoms with E-state index in [-0.39, 0.29) is 0 Å². The van der Waals surface area contributed by atoms with Gasteiger partial charge in [0, 0.05) is 25.9 Å². The molecule has 0 atom stereocenters. The molecule has 0 saturated carbocycles. The van der Waals surface area contributed by atoms with Gasteiger partial charge in [0.15, 0.2) is 0 Å². The van der Waals surface area contributed by atoms with Crippen molar-refractivity contribution in [3.63, 3.8) is 0 Å². The van der Waals surface area contributed by atoms with Crippen molar-refractivity contribution in [2.45, 2.75) is 19.8 Å². The second-order valence-electron chi connectivity index (χ2n) is 4.23. The van der Waals surface area contributed by atoms with Crippen molar-refractivity contribution in [3.05, 3.63) is 30.4 Å². The molecule has 6 heteroatoms. The van der Waals surface area contributed by atoms with Crippen molar-refractivity contribution in [3.8, 4) is 5.88 Å². The van der Waals surface area contributed by atoms with Crippen molar-refractivity contribution >= 4 is 5.82 Å². The highest BCUT2D eigenvalue weighted by atomic mass is 16.5. The first kappa shape index (κ1) is 13.3. The molecule has 0 aliphatic carbocycles. The van der Waals surface area contributed by atoms with Gasteiger partial charge in [-0.25, -0.2) is 9.97 Å². The van der Waals surface area contributed by atoms with Crippen LogP contribution in [0.15, 0.2) is 24.8 Å². The van der Waals surface area contributed by atoms with Crippen molar-refractivity contribution in [2.24, 2.45) is 7.05 Å². The van der Waals surface area contributed by atoms with Crippen LogP contribution in [0.1, 0.15) is 18.9 Å². The third-order valence-corrected chi connectivity index (χ3v) is 2.64. The van der Waals surface area contributed by atoms with E-state index >= 15 is 0 Å². The molecule has 0 saturated heterocycles. The molecule has 0 unspecified atom stereocenters. The van der Waals surface area contributed by atoms with E-state index < -0.39 is 0 Å². The first-order valence-corrected chi connectivity index (χ1v) is 6.44. The van der Waals surface area contributed by atoms with Gasteiger partial charge < -0.3 is 10.1 Å². The predicted molar refractivity (Wildman–Crippen MR) is 73.2 cm³/mol. The van der Waals surface area contributed by atoms with Gasteiger partial charge in [0.25, 0.3) is 0 Å². The van der Waals surface area contributed by atoms with E-state index in [0.717, 1.165) is 25.2 Å². The molecule has 0 aliphatic heterocycles. The summed E-state index contributed by atoms with van der Waals surface area (Å²) in [6, 6.07) is 1.81. The van der Waals surface area contributed by atoms with Crippen LogP contribution in [-0.4, -0.2) is 32.9 Å². The van der Waals surface area contributed by atoms with Gasteiger partial charge in [-0.1, -0.05) is 0 Å². The Morgan fingerprint density at radius 1 is 1.37 bits per heavy atom. The van der Waals surface area contributed by atoms with E-state index in [4.69, 9.17) is 4.74 Å². The summed E-state index contributed by atoms with van der Waals surface area (Å²) in [4.78, 5) is 8.17. The van der Waals surface area contributed by atoms with E-state index in [1.165, 1.54) is 11.9 Å². The number of ether oxygens (including phenoxy) is 1. The molecule has 2 rings (SSSR count). The van der Waals surface area contributed by atoms with Gasteiger partial charge >= 0.3 is 0 Å².